The molecular formula is C76H55N3S. The molecule has 0 aliphatic carbocycles. The first-order valence-corrected chi connectivity index (χ1v) is 28.0. The number of rotatable bonds is 15. The van der Waals surface area contributed by atoms with Crippen molar-refractivity contribution in [2.24, 2.45) is 0 Å². The molecule has 0 N–H and O–H groups in total. The average molecular weight is 1040 g/mol. The minimum absolute atomic E-state index is 1.08. The van der Waals surface area contributed by atoms with Gasteiger partial charge < -0.3 is 14.7 Å². The molecule has 0 aliphatic heterocycles. The van der Waals surface area contributed by atoms with E-state index < -0.39 is 0 Å². The summed E-state index contributed by atoms with van der Waals surface area (Å²) in [5.74, 6) is 0. The summed E-state index contributed by atoms with van der Waals surface area (Å²) in [4.78, 5) is 9.46. The first-order chi connectivity index (χ1) is 39.6. The molecule has 13 aromatic rings. The fraction of sp³-hybridized carbons (Fsp3) is 0. The number of thiophene rings is 1. The lowest BCUT2D eigenvalue weighted by Crippen LogP contribution is -2.09. The topological polar surface area (TPSA) is 9.72 Å². The number of nitrogens with zero attached hydrogens (tertiary/aromatic N) is 3. The van der Waals surface area contributed by atoms with Gasteiger partial charge in [0.25, 0.3) is 0 Å². The lowest BCUT2D eigenvalue weighted by molar-refractivity contribution is 1.28. The van der Waals surface area contributed by atoms with Gasteiger partial charge in [0.2, 0.25) is 0 Å². The van der Waals surface area contributed by atoms with Crippen LogP contribution < -0.4 is 14.7 Å². The van der Waals surface area contributed by atoms with Crippen molar-refractivity contribution in [3.8, 4) is 65.4 Å². The molecule has 0 spiro atoms. The van der Waals surface area contributed by atoms with Crippen molar-refractivity contribution in [2.45, 2.75) is 0 Å². The molecule has 80 heavy (non-hydrogen) atoms. The summed E-state index contributed by atoms with van der Waals surface area (Å²) in [7, 11) is 0. The summed E-state index contributed by atoms with van der Waals surface area (Å²) < 4.78 is 0. The van der Waals surface area contributed by atoms with E-state index in [4.69, 9.17) is 0 Å². The number of hydrogen-bond acceptors (Lipinski definition) is 4. The van der Waals surface area contributed by atoms with Crippen molar-refractivity contribution in [2.75, 3.05) is 14.7 Å². The average Bonchev–Trinajstić information content (AvgIpc) is 4.06. The van der Waals surface area contributed by atoms with Crippen LogP contribution >= 0.6 is 11.3 Å². The third-order valence-corrected chi connectivity index (χ3v) is 15.9. The molecule has 0 saturated heterocycles. The molecule has 0 fully saturated rings. The molecule has 0 saturated carbocycles. The number of benzene rings is 12. The normalized spacial score (nSPS) is 11.0. The van der Waals surface area contributed by atoms with Crippen LogP contribution in [-0.2, 0) is 0 Å². The summed E-state index contributed by atoms with van der Waals surface area (Å²) in [5, 5.41) is 0. The maximum atomic E-state index is 2.36. The van der Waals surface area contributed by atoms with Gasteiger partial charge in [0.05, 0.1) is 0 Å². The molecule has 0 unspecified atom stereocenters. The van der Waals surface area contributed by atoms with Crippen LogP contribution in [0.1, 0.15) is 0 Å². The van der Waals surface area contributed by atoms with Gasteiger partial charge in [0.1, 0.15) is 0 Å². The highest BCUT2D eigenvalue weighted by Gasteiger charge is 2.17. The third-order valence-electron chi connectivity index (χ3n) is 14.7. The summed E-state index contributed by atoms with van der Waals surface area (Å²) in [5.41, 5.74) is 21.8. The summed E-state index contributed by atoms with van der Waals surface area (Å²) in [6.45, 7) is 0. The largest absolute Gasteiger partial charge is 0.311 e. The Morgan fingerprint density at radius 3 is 0.525 bits per heavy atom. The van der Waals surface area contributed by atoms with E-state index in [1.165, 1.54) is 54.3 Å². The molecule has 0 atom stereocenters. The second-order valence-electron chi connectivity index (χ2n) is 19.8. The Bertz CT molecular complexity index is 3780. The van der Waals surface area contributed by atoms with E-state index in [1.54, 1.807) is 0 Å². The molecule has 13 rings (SSSR count). The Morgan fingerprint density at radius 2 is 0.300 bits per heavy atom. The van der Waals surface area contributed by atoms with E-state index >= 15 is 0 Å². The summed E-state index contributed by atoms with van der Waals surface area (Å²) in [6.07, 6.45) is 0. The highest BCUT2D eigenvalue weighted by molar-refractivity contribution is 7.18. The van der Waals surface area contributed by atoms with Crippen LogP contribution in [0.25, 0.3) is 65.4 Å². The van der Waals surface area contributed by atoms with Crippen molar-refractivity contribution < 1.29 is 0 Å². The molecule has 0 radical (unpaired) electrons. The highest BCUT2D eigenvalue weighted by atomic mass is 32.1. The predicted molar refractivity (Wildman–Crippen MR) is 341 cm³/mol. The zero-order valence-corrected chi connectivity index (χ0v) is 44.8. The molecule has 1 aromatic heterocycles. The number of anilines is 9. The Kier molecular flexibility index (Phi) is 14.0. The van der Waals surface area contributed by atoms with Crippen LogP contribution in [0.15, 0.2) is 334 Å². The molecule has 3 nitrogen and oxygen atoms in total. The third kappa shape index (κ3) is 10.6. The second kappa shape index (κ2) is 22.8. The first-order valence-electron chi connectivity index (χ1n) is 27.1. The van der Waals surface area contributed by atoms with Crippen molar-refractivity contribution in [3.05, 3.63) is 334 Å². The summed E-state index contributed by atoms with van der Waals surface area (Å²) in [6, 6.07) is 120. The molecular weight excluding hydrogens is 987 g/mol. The van der Waals surface area contributed by atoms with Gasteiger partial charge in [-0.2, -0.15) is 0 Å². The number of hydrogen-bond donors (Lipinski definition) is 0. The maximum absolute atomic E-state index is 2.36. The predicted octanol–water partition coefficient (Wildman–Crippen LogP) is 22.2. The van der Waals surface area contributed by atoms with Crippen LogP contribution in [0.4, 0.5) is 51.2 Å². The van der Waals surface area contributed by atoms with Gasteiger partial charge in [-0.15, -0.1) is 11.3 Å². The SMILES string of the molecule is c1ccc(-c2ccc(-c3ccc(N(c4ccc(-c5ccc(-c6ccc(N(c7ccccc7)c7ccccc7)cc6)cc5)cc4)c4ccc(-c5ccc(-c6ccc(N(c7ccccc7)c7ccccc7)cc6)cc5)cc4)cc3)s2)cc1. The Labute approximate surface area is 473 Å². The van der Waals surface area contributed by atoms with E-state index in [9.17, 15) is 0 Å². The van der Waals surface area contributed by atoms with E-state index in [1.807, 2.05) is 11.3 Å². The van der Waals surface area contributed by atoms with Gasteiger partial charge in [-0.25, -0.2) is 0 Å². The molecule has 4 heteroatoms. The summed E-state index contributed by atoms with van der Waals surface area (Å²) >= 11 is 1.83. The van der Waals surface area contributed by atoms with Crippen LogP contribution in [0.2, 0.25) is 0 Å². The van der Waals surface area contributed by atoms with Crippen molar-refractivity contribution >= 4 is 62.5 Å². The molecule has 0 aliphatic rings. The molecule has 1 heterocycles. The molecule has 380 valence electrons. The standard InChI is InChI=1S/C76H55N3S/c1-6-16-64(17-7-1)75-54-55-76(80-75)65-42-52-74(53-43-65)79(72-48-38-62(39-49-72)58-30-26-56(27-31-58)60-34-44-70(45-35-60)77(66-18-8-2-9-19-66)67-20-10-3-11-21-67)73-50-40-63(41-51-73)59-32-28-57(29-33-59)61-36-46-71(47-37-61)78(68-22-12-4-13-23-68)69-24-14-5-15-25-69/h1-55H. The van der Waals surface area contributed by atoms with E-state index in [2.05, 4.69) is 348 Å². The van der Waals surface area contributed by atoms with Crippen LogP contribution in [0, 0.1) is 0 Å². The minimum Gasteiger partial charge on any atom is -0.311 e. The maximum Gasteiger partial charge on any atom is 0.0462 e. The van der Waals surface area contributed by atoms with Gasteiger partial charge in [-0.05, 0) is 177 Å². The zero-order valence-electron chi connectivity index (χ0n) is 44.0. The Hall–Kier alpha value is -10.3. The fourth-order valence-electron chi connectivity index (χ4n) is 10.6. The van der Waals surface area contributed by atoms with Crippen LogP contribution in [0.3, 0.4) is 0 Å². The fourth-order valence-corrected chi connectivity index (χ4v) is 11.6. The highest BCUT2D eigenvalue weighted by Crippen LogP contribution is 2.42. The first kappa shape index (κ1) is 49.3. The Morgan fingerprint density at radius 1 is 0.138 bits per heavy atom. The van der Waals surface area contributed by atoms with Gasteiger partial charge in [-0.1, -0.05) is 212 Å². The lowest BCUT2D eigenvalue weighted by atomic mass is 9.99. The monoisotopic (exact) mass is 1040 g/mol. The van der Waals surface area contributed by atoms with E-state index in [0.717, 1.165) is 62.3 Å². The minimum atomic E-state index is 1.08. The van der Waals surface area contributed by atoms with Crippen molar-refractivity contribution in [1.29, 1.82) is 0 Å². The second-order valence-corrected chi connectivity index (χ2v) is 20.9. The van der Waals surface area contributed by atoms with Gasteiger partial charge in [0.15, 0.2) is 0 Å². The number of para-hydroxylation sites is 4. The molecule has 0 amide bonds. The van der Waals surface area contributed by atoms with Crippen LogP contribution in [0.5, 0.6) is 0 Å². The molecule has 12 aromatic carbocycles. The van der Waals surface area contributed by atoms with E-state index in [-0.39, 0.29) is 0 Å². The quantitative estimate of drug-likeness (QED) is 0.101. The van der Waals surface area contributed by atoms with E-state index in [0.29, 0.717) is 0 Å². The van der Waals surface area contributed by atoms with Gasteiger partial charge >= 0.3 is 0 Å². The van der Waals surface area contributed by atoms with Gasteiger partial charge in [0, 0.05) is 60.9 Å². The smallest absolute Gasteiger partial charge is 0.0462 e. The lowest BCUT2D eigenvalue weighted by Gasteiger charge is -2.26. The van der Waals surface area contributed by atoms with Crippen LogP contribution in [-0.4, -0.2) is 0 Å². The zero-order chi connectivity index (χ0) is 53.5. The van der Waals surface area contributed by atoms with Gasteiger partial charge in [-0.3, -0.25) is 0 Å². The Balaban J connectivity index is 0.753. The molecule has 0 bridgehead atoms. The van der Waals surface area contributed by atoms with Crippen molar-refractivity contribution in [3.63, 3.8) is 0 Å². The van der Waals surface area contributed by atoms with Crippen molar-refractivity contribution in [1.82, 2.24) is 0 Å².